The molecule has 2 atom stereocenters. The number of nitrogens with one attached hydrogen (secondary N) is 1. The third-order valence-electron chi connectivity index (χ3n) is 6.09. The van der Waals surface area contributed by atoms with Crippen LogP contribution >= 0.6 is 27.5 Å². The lowest BCUT2D eigenvalue weighted by atomic mass is 9.86. The van der Waals surface area contributed by atoms with Crippen molar-refractivity contribution in [1.82, 2.24) is 9.97 Å². The first-order valence-electron chi connectivity index (χ1n) is 10.7. The van der Waals surface area contributed by atoms with Gasteiger partial charge < -0.3 is 5.32 Å². The fourth-order valence-corrected chi connectivity index (χ4v) is 4.97. The molecule has 1 aliphatic carbocycles. The van der Waals surface area contributed by atoms with E-state index in [0.717, 1.165) is 21.7 Å². The summed E-state index contributed by atoms with van der Waals surface area (Å²) in [4.78, 5) is 9.06. The molecule has 0 bridgehead atoms. The number of rotatable bonds is 7. The quantitative estimate of drug-likeness (QED) is 0.380. The van der Waals surface area contributed by atoms with Gasteiger partial charge in [0.2, 0.25) is 0 Å². The van der Waals surface area contributed by atoms with E-state index < -0.39 is 0 Å². The van der Waals surface area contributed by atoms with Crippen LogP contribution in [0.3, 0.4) is 0 Å². The van der Waals surface area contributed by atoms with Gasteiger partial charge in [-0.05, 0) is 61.6 Å². The summed E-state index contributed by atoms with van der Waals surface area (Å²) in [7, 11) is 0. The summed E-state index contributed by atoms with van der Waals surface area (Å²) in [6.07, 6.45) is 7.71. The zero-order valence-corrected chi connectivity index (χ0v) is 19.5. The Bertz CT molecular complexity index is 970. The first-order valence-corrected chi connectivity index (χ1v) is 11.8. The highest BCUT2D eigenvalue weighted by Gasteiger charge is 2.22. The average Bonchev–Trinajstić information content (AvgIpc) is 3.28. The van der Waals surface area contributed by atoms with Gasteiger partial charge in [-0.1, -0.05) is 64.6 Å². The zero-order chi connectivity index (χ0) is 20.9. The number of benzene rings is 2. The molecule has 1 heterocycles. The molecule has 1 N–H and O–H groups in total. The summed E-state index contributed by atoms with van der Waals surface area (Å²) in [5.74, 6) is 1.78. The van der Waals surface area contributed by atoms with Gasteiger partial charge in [-0.15, -0.1) is 0 Å². The predicted molar refractivity (Wildman–Crippen MR) is 128 cm³/mol. The largest absolute Gasteiger partial charge is 0.367 e. The molecule has 4 rings (SSSR count). The van der Waals surface area contributed by atoms with Crippen molar-refractivity contribution in [2.24, 2.45) is 0 Å². The van der Waals surface area contributed by atoms with E-state index in [9.17, 15) is 0 Å². The van der Waals surface area contributed by atoms with Crippen LogP contribution in [0.2, 0.25) is 5.02 Å². The fraction of sp³-hybridized carbons (Fsp3) is 0.360. The summed E-state index contributed by atoms with van der Waals surface area (Å²) in [6.45, 7) is 2.23. The van der Waals surface area contributed by atoms with Gasteiger partial charge >= 0.3 is 0 Å². The molecule has 0 aliphatic heterocycles. The molecular weight excluding hydrogens is 458 g/mol. The van der Waals surface area contributed by atoms with Gasteiger partial charge in [0, 0.05) is 39.1 Å². The Balaban J connectivity index is 1.56. The molecular formula is C25H27BrClN3. The predicted octanol–water partition coefficient (Wildman–Crippen LogP) is 7.38. The van der Waals surface area contributed by atoms with Crippen molar-refractivity contribution >= 4 is 33.3 Å². The number of nitrogens with zero attached hydrogens (tertiary/aromatic N) is 2. The Labute approximate surface area is 192 Å². The average molecular weight is 485 g/mol. The Kier molecular flexibility index (Phi) is 7.06. The molecule has 156 valence electrons. The number of halogens is 2. The van der Waals surface area contributed by atoms with E-state index in [1.807, 2.05) is 12.1 Å². The van der Waals surface area contributed by atoms with Gasteiger partial charge in [-0.25, -0.2) is 9.97 Å². The number of anilines is 1. The first kappa shape index (κ1) is 21.3. The molecule has 5 heteroatoms. The molecule has 0 spiro atoms. The number of aromatic nitrogens is 2. The van der Waals surface area contributed by atoms with E-state index in [4.69, 9.17) is 11.6 Å². The van der Waals surface area contributed by atoms with Crippen LogP contribution in [0.1, 0.15) is 61.3 Å². The smallest absolute Gasteiger partial charge is 0.129 e. The second kappa shape index (κ2) is 9.93. The van der Waals surface area contributed by atoms with Crippen LogP contribution in [0.15, 0.2) is 65.4 Å². The van der Waals surface area contributed by atoms with Gasteiger partial charge in [-0.2, -0.15) is 0 Å². The molecule has 0 unspecified atom stereocenters. The van der Waals surface area contributed by atoms with Crippen LogP contribution in [-0.4, -0.2) is 16.0 Å². The van der Waals surface area contributed by atoms with Gasteiger partial charge in [0.05, 0.1) is 0 Å². The summed E-state index contributed by atoms with van der Waals surface area (Å²) in [6, 6.07) is 19.1. The maximum absolute atomic E-state index is 6.09. The van der Waals surface area contributed by atoms with Gasteiger partial charge in [0.15, 0.2) is 0 Å². The van der Waals surface area contributed by atoms with E-state index in [2.05, 4.69) is 80.6 Å². The summed E-state index contributed by atoms with van der Waals surface area (Å²) >= 11 is 9.72. The van der Waals surface area contributed by atoms with E-state index >= 15 is 0 Å². The highest BCUT2D eigenvalue weighted by atomic mass is 79.9. The van der Waals surface area contributed by atoms with Crippen LogP contribution in [0.4, 0.5) is 5.82 Å². The minimum Gasteiger partial charge on any atom is -0.367 e. The maximum atomic E-state index is 6.09. The van der Waals surface area contributed by atoms with Crippen molar-refractivity contribution in [3.05, 3.63) is 87.2 Å². The van der Waals surface area contributed by atoms with Crippen molar-refractivity contribution in [2.45, 2.75) is 56.9 Å². The van der Waals surface area contributed by atoms with Crippen molar-refractivity contribution in [3.63, 3.8) is 0 Å². The molecule has 0 amide bonds. The van der Waals surface area contributed by atoms with Gasteiger partial charge in [0.1, 0.15) is 12.1 Å². The first-order chi connectivity index (χ1) is 14.6. The fourth-order valence-electron chi connectivity index (χ4n) is 4.42. The van der Waals surface area contributed by atoms with Crippen LogP contribution in [0.25, 0.3) is 0 Å². The lowest BCUT2D eigenvalue weighted by Crippen LogP contribution is -2.26. The molecule has 1 aromatic heterocycles. The third-order valence-corrected chi connectivity index (χ3v) is 6.83. The van der Waals surface area contributed by atoms with Crippen LogP contribution in [0, 0.1) is 0 Å². The molecule has 2 aromatic carbocycles. The Morgan fingerprint density at radius 3 is 2.57 bits per heavy atom. The normalized spacial score (nSPS) is 16.4. The van der Waals surface area contributed by atoms with E-state index in [1.165, 1.54) is 42.5 Å². The van der Waals surface area contributed by atoms with Crippen molar-refractivity contribution in [2.75, 3.05) is 5.32 Å². The topological polar surface area (TPSA) is 37.8 Å². The summed E-state index contributed by atoms with van der Waals surface area (Å²) < 4.78 is 1.10. The Morgan fingerprint density at radius 1 is 1.07 bits per heavy atom. The molecule has 0 radical (unpaired) electrons. The molecule has 1 saturated carbocycles. The minimum absolute atomic E-state index is 0.196. The summed E-state index contributed by atoms with van der Waals surface area (Å²) in [5.41, 5.74) is 3.74. The second-order valence-corrected chi connectivity index (χ2v) is 9.59. The van der Waals surface area contributed by atoms with E-state index in [-0.39, 0.29) is 12.0 Å². The lowest BCUT2D eigenvalue weighted by molar-refractivity contribution is 0.593. The molecule has 0 saturated heterocycles. The second-order valence-electron chi connectivity index (χ2n) is 8.23. The van der Waals surface area contributed by atoms with Crippen molar-refractivity contribution in [1.29, 1.82) is 0 Å². The standard InChI is InChI=1S/C25H27BrClN3/c1-17(30-25-15-24(28-16-29-25)19-5-2-3-6-19)23(20-7-4-8-21(26)14-20)13-18-9-11-22(27)12-10-18/h4,7-12,14-17,19,23H,2-3,5-6,13H2,1H3,(H,28,29,30)/t17-,23+/m0/s1. The highest BCUT2D eigenvalue weighted by Crippen LogP contribution is 2.34. The zero-order valence-electron chi connectivity index (χ0n) is 17.2. The number of hydrogen-bond donors (Lipinski definition) is 1. The molecule has 1 aliphatic rings. The van der Waals surface area contributed by atoms with E-state index in [0.29, 0.717) is 5.92 Å². The molecule has 3 aromatic rings. The lowest BCUT2D eigenvalue weighted by Gasteiger charge is -2.27. The monoisotopic (exact) mass is 483 g/mol. The van der Waals surface area contributed by atoms with E-state index in [1.54, 1.807) is 6.33 Å². The van der Waals surface area contributed by atoms with Crippen LogP contribution in [-0.2, 0) is 6.42 Å². The minimum atomic E-state index is 0.196. The Morgan fingerprint density at radius 2 is 1.83 bits per heavy atom. The van der Waals surface area contributed by atoms with Crippen molar-refractivity contribution in [3.8, 4) is 0 Å². The van der Waals surface area contributed by atoms with Gasteiger partial charge in [0.25, 0.3) is 0 Å². The molecule has 30 heavy (non-hydrogen) atoms. The van der Waals surface area contributed by atoms with Gasteiger partial charge in [-0.3, -0.25) is 0 Å². The van der Waals surface area contributed by atoms with Crippen LogP contribution in [0.5, 0.6) is 0 Å². The molecule has 3 nitrogen and oxygen atoms in total. The van der Waals surface area contributed by atoms with Crippen LogP contribution < -0.4 is 5.32 Å². The SMILES string of the molecule is C[C@H](Nc1cc(C2CCCC2)ncn1)[C@@H](Cc1ccc(Cl)cc1)c1cccc(Br)c1. The third kappa shape index (κ3) is 5.41. The maximum Gasteiger partial charge on any atom is 0.129 e. The summed E-state index contributed by atoms with van der Waals surface area (Å²) in [5, 5.41) is 4.43. The van der Waals surface area contributed by atoms with Crippen molar-refractivity contribution < 1.29 is 0 Å². The Hall–Kier alpha value is -1.91. The number of hydrogen-bond acceptors (Lipinski definition) is 3. The highest BCUT2D eigenvalue weighted by molar-refractivity contribution is 9.10. The molecule has 1 fully saturated rings.